The zero-order chi connectivity index (χ0) is 46.7. The standard InChI is InChI=1S/C18H16N2O3S.C12H10ClNO3S.C12H11NO.C7H7BrO/c1-23-17-5-4-16(15-6-9-19-10-7-15)11-18(17)24(21,22)13-14-3-2-8-20-12-14;1-17-11-3-2-10(8-12(11)18(13,15)16)9-4-6-14-7-5-9;1-14-12-4-2-10(3-5-12)11-6-8-13-9-7-11;1-9-7-4-2-6(8)3-5-7/h2-12H,13H2,1H3;2-8H,1H3;2-9H,1H3;2-5H,1H3. The SMILES string of the molecule is COc1ccc(-c2ccncc2)cc1.COc1ccc(-c2ccncc2)cc1S(=O)(=O)Cc1cccnc1.COc1ccc(-c2ccncc2)cc1S(=O)(=O)Cl.COc1ccc(Br)cc1. The zero-order valence-electron chi connectivity index (χ0n) is 35.7. The normalized spacial score (nSPS) is 10.6. The molecular formula is C49H44BrClN4O8S2. The van der Waals surface area contributed by atoms with Gasteiger partial charge in [0.05, 0.1) is 34.2 Å². The second-order valence-corrected chi connectivity index (χ2v) is 18.8. The fraction of sp³-hybridized carbons (Fsp3) is 0.102. The number of ether oxygens (including phenoxy) is 4. The third kappa shape index (κ3) is 15.0. The van der Waals surface area contributed by atoms with Gasteiger partial charge in [0.15, 0.2) is 9.84 Å². The number of benzene rings is 4. The van der Waals surface area contributed by atoms with Crippen LogP contribution in [0.2, 0.25) is 0 Å². The van der Waals surface area contributed by atoms with Crippen molar-refractivity contribution in [3.05, 3.63) is 193 Å². The average molecular weight is 996 g/mol. The number of nitrogens with zero attached hydrogens (tertiary/aromatic N) is 4. The Kier molecular flexibility index (Phi) is 18.5. The number of pyridine rings is 4. The minimum Gasteiger partial charge on any atom is -0.497 e. The van der Waals surface area contributed by atoms with Gasteiger partial charge in [-0.1, -0.05) is 46.3 Å². The second kappa shape index (κ2) is 24.4. The van der Waals surface area contributed by atoms with Gasteiger partial charge in [0.1, 0.15) is 32.8 Å². The van der Waals surface area contributed by atoms with Gasteiger partial charge < -0.3 is 18.9 Å². The van der Waals surface area contributed by atoms with Crippen molar-refractivity contribution < 1.29 is 35.8 Å². The molecule has 0 aliphatic rings. The number of sulfone groups is 1. The van der Waals surface area contributed by atoms with E-state index in [2.05, 4.69) is 35.9 Å². The van der Waals surface area contributed by atoms with Crippen molar-refractivity contribution in [1.82, 2.24) is 19.9 Å². The van der Waals surface area contributed by atoms with Gasteiger partial charge in [0.25, 0.3) is 9.05 Å². The summed E-state index contributed by atoms with van der Waals surface area (Å²) in [6, 6.07) is 40.3. The number of rotatable bonds is 11. The maximum Gasteiger partial charge on any atom is 0.265 e. The molecule has 0 bridgehead atoms. The van der Waals surface area contributed by atoms with Crippen molar-refractivity contribution >= 4 is 45.5 Å². The van der Waals surface area contributed by atoms with Crippen LogP contribution in [0.25, 0.3) is 33.4 Å². The van der Waals surface area contributed by atoms with Gasteiger partial charge in [0.2, 0.25) is 0 Å². The Balaban J connectivity index is 0.000000172. The number of aromatic nitrogens is 4. The molecule has 4 aromatic carbocycles. The van der Waals surface area contributed by atoms with Crippen molar-refractivity contribution in [2.45, 2.75) is 15.5 Å². The molecule has 0 fully saturated rings. The van der Waals surface area contributed by atoms with E-state index < -0.39 is 18.9 Å². The van der Waals surface area contributed by atoms with Crippen molar-refractivity contribution in [1.29, 1.82) is 0 Å². The molecule has 0 unspecified atom stereocenters. The first-order valence-electron chi connectivity index (χ1n) is 19.4. The minimum absolute atomic E-state index is 0.0408. The summed E-state index contributed by atoms with van der Waals surface area (Å²) >= 11 is 3.32. The van der Waals surface area contributed by atoms with Crippen LogP contribution in [0.1, 0.15) is 5.56 Å². The van der Waals surface area contributed by atoms with Gasteiger partial charge in [-0.05, 0) is 142 Å². The molecule has 0 aliphatic carbocycles. The summed E-state index contributed by atoms with van der Waals surface area (Å²) < 4.78 is 70.0. The largest absolute Gasteiger partial charge is 0.497 e. The Hall–Kier alpha value is -6.65. The van der Waals surface area contributed by atoms with Crippen molar-refractivity contribution in [2.24, 2.45) is 0 Å². The number of hydrogen-bond acceptors (Lipinski definition) is 12. The van der Waals surface area contributed by atoms with Crippen molar-refractivity contribution in [3.63, 3.8) is 0 Å². The topological polar surface area (TPSA) is 157 Å². The third-order valence-corrected chi connectivity index (χ3v) is 12.8. The molecule has 0 aliphatic heterocycles. The van der Waals surface area contributed by atoms with Crippen molar-refractivity contribution in [2.75, 3.05) is 28.4 Å². The van der Waals surface area contributed by atoms with Gasteiger partial charge in [-0.2, -0.15) is 0 Å². The van der Waals surface area contributed by atoms with Gasteiger partial charge in [-0.15, -0.1) is 0 Å². The highest BCUT2D eigenvalue weighted by molar-refractivity contribution is 9.10. The van der Waals surface area contributed by atoms with Crippen LogP contribution < -0.4 is 18.9 Å². The molecule has 0 N–H and O–H groups in total. The molecule has 334 valence electrons. The Morgan fingerprint density at radius 3 is 1.28 bits per heavy atom. The second-order valence-electron chi connectivity index (χ2n) is 13.4. The maximum absolute atomic E-state index is 12.8. The Bertz CT molecular complexity index is 2930. The number of methoxy groups -OCH3 is 4. The van der Waals surface area contributed by atoms with E-state index in [1.165, 1.54) is 31.4 Å². The lowest BCUT2D eigenvalue weighted by molar-refractivity contribution is 0.402. The first-order chi connectivity index (χ1) is 31.3. The van der Waals surface area contributed by atoms with Crippen LogP contribution in [0.4, 0.5) is 0 Å². The van der Waals surface area contributed by atoms with Crippen LogP contribution in [0, 0.1) is 0 Å². The lowest BCUT2D eigenvalue weighted by Crippen LogP contribution is -2.07. The highest BCUT2D eigenvalue weighted by atomic mass is 79.9. The highest BCUT2D eigenvalue weighted by Gasteiger charge is 2.22. The lowest BCUT2D eigenvalue weighted by Gasteiger charge is -2.12. The fourth-order valence-corrected chi connectivity index (χ4v) is 8.73. The van der Waals surface area contributed by atoms with E-state index in [1.807, 2.05) is 78.9 Å². The number of hydrogen-bond donors (Lipinski definition) is 0. The summed E-state index contributed by atoms with van der Waals surface area (Å²) in [5.41, 5.74) is 6.25. The summed E-state index contributed by atoms with van der Waals surface area (Å²) in [5.74, 6) is 2.19. The zero-order valence-corrected chi connectivity index (χ0v) is 39.6. The molecule has 4 aromatic heterocycles. The van der Waals surface area contributed by atoms with E-state index in [0.29, 0.717) is 11.3 Å². The molecular weight excluding hydrogens is 952 g/mol. The lowest BCUT2D eigenvalue weighted by atomic mass is 10.1. The molecule has 65 heavy (non-hydrogen) atoms. The van der Waals surface area contributed by atoms with E-state index in [-0.39, 0.29) is 21.3 Å². The quantitative estimate of drug-likeness (QED) is 0.113. The van der Waals surface area contributed by atoms with E-state index in [9.17, 15) is 16.8 Å². The Morgan fingerprint density at radius 2 is 0.862 bits per heavy atom. The molecule has 0 atom stereocenters. The van der Waals surface area contributed by atoms with Gasteiger partial charge in [-0.3, -0.25) is 19.9 Å². The number of halogens is 2. The maximum atomic E-state index is 12.8. The fourth-order valence-electron chi connectivity index (χ4n) is 5.91. The van der Waals surface area contributed by atoms with E-state index >= 15 is 0 Å². The molecule has 0 spiro atoms. The summed E-state index contributed by atoms with van der Waals surface area (Å²) in [4.78, 5) is 16.0. The molecule has 8 aromatic rings. The van der Waals surface area contributed by atoms with Crippen LogP contribution in [0.5, 0.6) is 23.0 Å². The predicted molar refractivity (Wildman–Crippen MR) is 258 cm³/mol. The molecule has 0 amide bonds. The first-order valence-corrected chi connectivity index (χ1v) is 24.2. The van der Waals surface area contributed by atoms with Crippen LogP contribution in [-0.2, 0) is 24.6 Å². The summed E-state index contributed by atoms with van der Waals surface area (Å²) in [6.07, 6.45) is 13.4. The average Bonchev–Trinajstić information content (AvgIpc) is 3.35. The van der Waals surface area contributed by atoms with Crippen molar-refractivity contribution in [3.8, 4) is 56.4 Å². The van der Waals surface area contributed by atoms with Crippen LogP contribution in [-0.4, -0.2) is 65.2 Å². The summed E-state index contributed by atoms with van der Waals surface area (Å²) in [7, 11) is 4.15. The monoisotopic (exact) mass is 994 g/mol. The van der Waals surface area contributed by atoms with E-state index in [1.54, 1.807) is 112 Å². The van der Waals surface area contributed by atoms with Crippen LogP contribution >= 0.6 is 26.6 Å². The molecule has 0 saturated heterocycles. The molecule has 16 heteroatoms. The van der Waals surface area contributed by atoms with Gasteiger partial charge in [-0.25, -0.2) is 16.8 Å². The van der Waals surface area contributed by atoms with E-state index in [0.717, 1.165) is 38.2 Å². The molecule has 0 saturated carbocycles. The first kappa shape index (κ1) is 49.4. The Morgan fingerprint density at radius 1 is 0.462 bits per heavy atom. The Labute approximate surface area is 392 Å². The molecule has 4 heterocycles. The van der Waals surface area contributed by atoms with Crippen LogP contribution in [0.15, 0.2) is 197 Å². The highest BCUT2D eigenvalue weighted by Crippen LogP contribution is 2.33. The molecule has 0 radical (unpaired) electrons. The van der Waals surface area contributed by atoms with Crippen LogP contribution in [0.3, 0.4) is 0 Å². The van der Waals surface area contributed by atoms with E-state index in [4.69, 9.17) is 29.6 Å². The predicted octanol–water partition coefficient (Wildman–Crippen LogP) is 11.0. The summed E-state index contributed by atoms with van der Waals surface area (Å²) in [5, 5.41) is 0. The minimum atomic E-state index is -3.84. The third-order valence-electron chi connectivity index (χ3n) is 9.18. The summed E-state index contributed by atoms with van der Waals surface area (Å²) in [6.45, 7) is 0. The molecule has 12 nitrogen and oxygen atoms in total. The smallest absolute Gasteiger partial charge is 0.265 e. The van der Waals surface area contributed by atoms with Gasteiger partial charge in [0, 0.05) is 64.7 Å². The van der Waals surface area contributed by atoms with Gasteiger partial charge >= 0.3 is 0 Å². The molecule has 8 rings (SSSR count).